The van der Waals surface area contributed by atoms with Crippen LogP contribution in [0.1, 0.15) is 16.5 Å². The fraction of sp³-hybridized carbons (Fsp3) is 0.0385. The molecule has 5 aromatic rings. The van der Waals surface area contributed by atoms with Crippen LogP contribution in [0.25, 0.3) is 32.6 Å². The maximum atomic E-state index is 11.2. The Labute approximate surface area is 173 Å². The smallest absolute Gasteiger partial charge is 0.124 e. The molecule has 0 aliphatic rings. The first-order valence-corrected chi connectivity index (χ1v) is 10.4. The second kappa shape index (κ2) is 7.63. The van der Waals surface area contributed by atoms with E-state index in [9.17, 15) is 5.11 Å². The van der Waals surface area contributed by atoms with Gasteiger partial charge in [-0.05, 0) is 16.3 Å². The van der Waals surface area contributed by atoms with Gasteiger partial charge in [-0.3, -0.25) is 0 Å². The van der Waals surface area contributed by atoms with Crippen LogP contribution in [-0.4, -0.2) is 10.1 Å². The molecule has 0 amide bonds. The van der Waals surface area contributed by atoms with Crippen LogP contribution in [0.15, 0.2) is 103 Å². The van der Waals surface area contributed by atoms with Crippen LogP contribution in [0.5, 0.6) is 0 Å². The molecular weight excluding hydrogens is 374 g/mol. The van der Waals surface area contributed by atoms with Crippen molar-refractivity contribution in [3.05, 3.63) is 114 Å². The van der Waals surface area contributed by atoms with Crippen molar-refractivity contribution in [2.45, 2.75) is 6.10 Å². The van der Waals surface area contributed by atoms with E-state index < -0.39 is 6.10 Å². The number of benzene rings is 4. The van der Waals surface area contributed by atoms with Gasteiger partial charge in [0.1, 0.15) is 11.1 Å². The minimum absolute atomic E-state index is 0.722. The van der Waals surface area contributed by atoms with Gasteiger partial charge in [0.2, 0.25) is 0 Å². The van der Waals surface area contributed by atoms with Gasteiger partial charge in [-0.2, -0.15) is 0 Å². The minimum Gasteiger partial charge on any atom is -0.383 e. The average Bonchev–Trinajstić information content (AvgIpc) is 3.24. The van der Waals surface area contributed by atoms with Crippen LogP contribution >= 0.6 is 11.3 Å². The molecule has 0 spiro atoms. The van der Waals surface area contributed by atoms with Crippen molar-refractivity contribution in [3.63, 3.8) is 0 Å². The van der Waals surface area contributed by atoms with Gasteiger partial charge in [0.05, 0.1) is 10.6 Å². The summed E-state index contributed by atoms with van der Waals surface area (Å²) in [5.74, 6) is 0. The molecule has 4 aromatic carbocycles. The summed E-state index contributed by atoms with van der Waals surface area (Å²) in [6, 6.07) is 34.5. The molecule has 1 N–H and O–H groups in total. The molecule has 140 valence electrons. The highest BCUT2D eigenvalue weighted by Gasteiger charge is 2.22. The van der Waals surface area contributed by atoms with E-state index in [2.05, 4.69) is 42.5 Å². The molecule has 3 heteroatoms. The molecule has 1 atom stereocenters. The van der Waals surface area contributed by atoms with Crippen molar-refractivity contribution in [3.8, 4) is 21.8 Å². The Bertz CT molecular complexity index is 1260. The fourth-order valence-corrected chi connectivity index (χ4v) is 4.73. The second-order valence-electron chi connectivity index (χ2n) is 6.94. The monoisotopic (exact) mass is 393 g/mol. The van der Waals surface area contributed by atoms with E-state index in [0.29, 0.717) is 0 Å². The van der Waals surface area contributed by atoms with Gasteiger partial charge in [-0.1, -0.05) is 103 Å². The zero-order valence-electron chi connectivity index (χ0n) is 15.7. The summed E-state index contributed by atoms with van der Waals surface area (Å²) < 4.78 is 0. The number of aliphatic hydroxyl groups is 1. The lowest BCUT2D eigenvalue weighted by Crippen LogP contribution is -1.99. The van der Waals surface area contributed by atoms with E-state index in [1.54, 1.807) is 11.3 Å². The molecule has 0 bridgehead atoms. The fourth-order valence-electron chi connectivity index (χ4n) is 3.63. The van der Waals surface area contributed by atoms with E-state index in [0.717, 1.165) is 37.7 Å². The third-order valence-electron chi connectivity index (χ3n) is 5.08. The summed E-state index contributed by atoms with van der Waals surface area (Å²) in [5, 5.41) is 14.5. The lowest BCUT2D eigenvalue weighted by Gasteiger charge is -2.12. The Balaban J connectivity index is 1.74. The molecule has 29 heavy (non-hydrogen) atoms. The van der Waals surface area contributed by atoms with Crippen LogP contribution in [0, 0.1) is 0 Å². The van der Waals surface area contributed by atoms with Crippen molar-refractivity contribution >= 4 is 22.1 Å². The maximum absolute atomic E-state index is 11.2. The summed E-state index contributed by atoms with van der Waals surface area (Å²) in [5.41, 5.74) is 3.83. The number of aromatic nitrogens is 1. The first kappa shape index (κ1) is 17.8. The Morgan fingerprint density at radius 1 is 0.690 bits per heavy atom. The van der Waals surface area contributed by atoms with Gasteiger partial charge >= 0.3 is 0 Å². The summed E-state index contributed by atoms with van der Waals surface area (Å²) in [6.07, 6.45) is -0.722. The Morgan fingerprint density at radius 3 is 2.14 bits per heavy atom. The average molecular weight is 394 g/mol. The third kappa shape index (κ3) is 3.35. The molecule has 1 heterocycles. The lowest BCUT2D eigenvalue weighted by molar-refractivity contribution is 0.224. The third-order valence-corrected chi connectivity index (χ3v) is 6.24. The Morgan fingerprint density at radius 2 is 1.34 bits per heavy atom. The predicted octanol–water partition coefficient (Wildman–Crippen LogP) is 6.71. The van der Waals surface area contributed by atoms with Gasteiger partial charge in [0.25, 0.3) is 0 Å². The van der Waals surface area contributed by atoms with Gasteiger partial charge in [-0.25, -0.2) is 4.98 Å². The van der Waals surface area contributed by atoms with E-state index in [1.165, 1.54) is 5.39 Å². The molecule has 2 nitrogen and oxygen atoms in total. The number of hydrogen-bond acceptors (Lipinski definition) is 3. The lowest BCUT2D eigenvalue weighted by atomic mass is 9.99. The standard InChI is InChI=1S/C26H19NOS/c28-24(19-11-3-1-4-12-19)25-23(27-26(29-25)20-13-5-2-6-14-20)22-17-9-15-18-10-7-8-16-21(18)22/h1-17,24,28H. The zero-order chi connectivity index (χ0) is 19.6. The largest absolute Gasteiger partial charge is 0.383 e. The molecule has 5 rings (SSSR count). The van der Waals surface area contributed by atoms with Crippen molar-refractivity contribution < 1.29 is 5.11 Å². The highest BCUT2D eigenvalue weighted by molar-refractivity contribution is 7.15. The van der Waals surface area contributed by atoms with Crippen LogP contribution in [-0.2, 0) is 0 Å². The van der Waals surface area contributed by atoms with Gasteiger partial charge in [-0.15, -0.1) is 11.3 Å². The topological polar surface area (TPSA) is 33.1 Å². The summed E-state index contributed by atoms with van der Waals surface area (Å²) in [6.45, 7) is 0. The SMILES string of the molecule is OC(c1ccccc1)c1sc(-c2ccccc2)nc1-c1cccc2ccccc12. The minimum atomic E-state index is -0.722. The molecule has 0 saturated carbocycles. The van der Waals surface area contributed by atoms with Crippen molar-refractivity contribution in [2.24, 2.45) is 0 Å². The number of nitrogens with zero attached hydrogens (tertiary/aromatic N) is 1. The van der Waals surface area contributed by atoms with Crippen molar-refractivity contribution in [2.75, 3.05) is 0 Å². The molecule has 0 fully saturated rings. The quantitative estimate of drug-likeness (QED) is 0.368. The molecule has 0 saturated heterocycles. The highest BCUT2D eigenvalue weighted by Crippen LogP contribution is 2.41. The predicted molar refractivity (Wildman–Crippen MR) is 121 cm³/mol. The highest BCUT2D eigenvalue weighted by atomic mass is 32.1. The van der Waals surface area contributed by atoms with Crippen LogP contribution in [0.2, 0.25) is 0 Å². The number of rotatable bonds is 4. The van der Waals surface area contributed by atoms with Gasteiger partial charge in [0.15, 0.2) is 0 Å². The van der Waals surface area contributed by atoms with E-state index in [1.807, 2.05) is 60.7 Å². The van der Waals surface area contributed by atoms with Gasteiger partial charge < -0.3 is 5.11 Å². The van der Waals surface area contributed by atoms with Gasteiger partial charge in [0, 0.05) is 11.1 Å². The van der Waals surface area contributed by atoms with Crippen LogP contribution in [0.3, 0.4) is 0 Å². The number of aliphatic hydroxyl groups excluding tert-OH is 1. The van der Waals surface area contributed by atoms with E-state index >= 15 is 0 Å². The number of hydrogen-bond donors (Lipinski definition) is 1. The summed E-state index contributed by atoms with van der Waals surface area (Å²) in [7, 11) is 0. The molecule has 1 unspecified atom stereocenters. The normalized spacial score (nSPS) is 12.2. The van der Waals surface area contributed by atoms with E-state index in [4.69, 9.17) is 4.98 Å². The van der Waals surface area contributed by atoms with Crippen molar-refractivity contribution in [1.29, 1.82) is 0 Å². The number of fused-ring (bicyclic) bond motifs is 1. The molecule has 0 aliphatic heterocycles. The maximum Gasteiger partial charge on any atom is 0.124 e. The molecule has 0 radical (unpaired) electrons. The molecule has 0 aliphatic carbocycles. The first-order valence-electron chi connectivity index (χ1n) is 9.58. The second-order valence-corrected chi connectivity index (χ2v) is 7.97. The van der Waals surface area contributed by atoms with Crippen LogP contribution in [0.4, 0.5) is 0 Å². The van der Waals surface area contributed by atoms with Crippen LogP contribution < -0.4 is 0 Å². The Kier molecular flexibility index (Phi) is 4.68. The van der Waals surface area contributed by atoms with Crippen molar-refractivity contribution in [1.82, 2.24) is 4.98 Å². The Hall–Kier alpha value is -3.27. The molecular formula is C26H19NOS. The zero-order valence-corrected chi connectivity index (χ0v) is 16.5. The summed E-state index contributed by atoms with van der Waals surface area (Å²) >= 11 is 1.56. The first-order chi connectivity index (χ1) is 14.3. The summed E-state index contributed by atoms with van der Waals surface area (Å²) in [4.78, 5) is 5.87. The number of thiazole rings is 1. The molecule has 1 aromatic heterocycles. The van der Waals surface area contributed by atoms with E-state index in [-0.39, 0.29) is 0 Å².